The number of imide groups is 1. The summed E-state index contributed by atoms with van der Waals surface area (Å²) in [5.41, 5.74) is 4.85. The Hall–Kier alpha value is -5.98. The molecule has 1 heterocycles. The van der Waals surface area contributed by atoms with E-state index in [0.717, 1.165) is 27.8 Å². The van der Waals surface area contributed by atoms with Crippen LogP contribution >= 0.6 is 0 Å². The van der Waals surface area contributed by atoms with E-state index in [4.69, 9.17) is 18.6 Å². The normalized spacial score (nSPS) is 15.6. The molecule has 0 unspecified atom stereocenters. The van der Waals surface area contributed by atoms with Crippen LogP contribution in [0.2, 0.25) is 18.1 Å². The average molecular weight is 846 g/mol. The molecular weight excluding hydrogens is 790 g/mol. The zero-order valence-electron chi connectivity index (χ0n) is 35.7. The van der Waals surface area contributed by atoms with Crippen LogP contribution in [0.5, 0.6) is 5.75 Å². The van der Waals surface area contributed by atoms with E-state index in [1.807, 2.05) is 109 Å². The summed E-state index contributed by atoms with van der Waals surface area (Å²) in [6.45, 7) is 11.3. The number of rotatable bonds is 17. The first kappa shape index (κ1) is 44.6. The van der Waals surface area contributed by atoms with Crippen LogP contribution in [0, 0.1) is 11.7 Å². The first-order chi connectivity index (χ1) is 29.2. The van der Waals surface area contributed by atoms with Crippen molar-refractivity contribution in [2.45, 2.75) is 83.1 Å². The molecule has 6 rings (SSSR count). The molecule has 2 N–H and O–H groups in total. The van der Waals surface area contributed by atoms with E-state index in [-0.39, 0.29) is 30.6 Å². The van der Waals surface area contributed by atoms with Crippen molar-refractivity contribution in [3.8, 4) is 5.75 Å². The molecule has 5 aromatic rings. The lowest BCUT2D eigenvalue weighted by atomic mass is 9.86. The van der Waals surface area contributed by atoms with Crippen LogP contribution < -0.4 is 15.4 Å². The van der Waals surface area contributed by atoms with Crippen LogP contribution in [0.3, 0.4) is 0 Å². The highest BCUT2D eigenvalue weighted by molar-refractivity contribution is 6.74. The molecule has 10 nitrogen and oxygen atoms in total. The lowest BCUT2D eigenvalue weighted by Crippen LogP contribution is -2.43. The van der Waals surface area contributed by atoms with Gasteiger partial charge >= 0.3 is 12.2 Å². The Kier molecular flexibility index (Phi) is 14.6. The number of anilines is 1. The van der Waals surface area contributed by atoms with E-state index in [9.17, 15) is 14.0 Å². The number of carbonyl (C=O) groups excluding carboxylic acids is 3. The number of nitrogens with zero attached hydrogens (tertiary/aromatic N) is 1. The Morgan fingerprint density at radius 3 is 2.07 bits per heavy atom. The summed E-state index contributed by atoms with van der Waals surface area (Å²) in [7, 11) is -0.782. The molecule has 0 saturated carbocycles. The molecule has 4 atom stereocenters. The Morgan fingerprint density at radius 1 is 0.820 bits per heavy atom. The van der Waals surface area contributed by atoms with E-state index in [1.165, 1.54) is 17.0 Å². The molecule has 12 heteroatoms. The second-order valence-electron chi connectivity index (χ2n) is 16.8. The summed E-state index contributed by atoms with van der Waals surface area (Å²) in [6.07, 6.45) is -1.61. The van der Waals surface area contributed by atoms with Gasteiger partial charge in [0.25, 0.3) is 0 Å². The number of amides is 3. The third kappa shape index (κ3) is 11.9. The van der Waals surface area contributed by atoms with Gasteiger partial charge in [-0.1, -0.05) is 118 Å². The van der Waals surface area contributed by atoms with Crippen molar-refractivity contribution in [2.75, 3.05) is 19.0 Å². The predicted octanol–water partition coefficient (Wildman–Crippen LogP) is 11.3. The SMILES string of the molecule is COc1ccc([C@@H](Nc2ccc(CNC(=O)OCc3ccccc3)cc2)[C@@H](CC[C@H](O[Si](C)(C)C(C)(C)C)c2ccc(F)cc2)C(=O)N2C[C@H](c3ccccc3)OC2=O)cc1. The van der Waals surface area contributed by atoms with E-state index in [2.05, 4.69) is 44.5 Å². The minimum Gasteiger partial charge on any atom is -0.497 e. The van der Waals surface area contributed by atoms with Gasteiger partial charge in [-0.25, -0.2) is 18.9 Å². The van der Waals surface area contributed by atoms with Gasteiger partial charge in [0.05, 0.1) is 31.7 Å². The van der Waals surface area contributed by atoms with Crippen LogP contribution in [0.4, 0.5) is 19.7 Å². The number of benzene rings is 5. The van der Waals surface area contributed by atoms with Crippen LogP contribution in [0.25, 0.3) is 0 Å². The van der Waals surface area contributed by atoms with Gasteiger partial charge in [0.1, 0.15) is 24.3 Å². The Morgan fingerprint density at radius 2 is 1.44 bits per heavy atom. The number of methoxy groups -OCH3 is 1. The maximum atomic E-state index is 15.1. The predicted molar refractivity (Wildman–Crippen MR) is 237 cm³/mol. The van der Waals surface area contributed by atoms with E-state index in [1.54, 1.807) is 19.2 Å². The Balaban J connectivity index is 1.30. The molecule has 0 bridgehead atoms. The summed E-state index contributed by atoms with van der Waals surface area (Å²) in [6, 6.07) is 39.6. The van der Waals surface area contributed by atoms with Crippen molar-refractivity contribution in [3.05, 3.63) is 167 Å². The van der Waals surface area contributed by atoms with Crippen molar-refractivity contribution in [1.82, 2.24) is 10.2 Å². The number of nitrogens with one attached hydrogen (secondary N) is 2. The maximum absolute atomic E-state index is 15.1. The second kappa shape index (κ2) is 20.1. The number of hydrogen-bond donors (Lipinski definition) is 2. The third-order valence-corrected chi connectivity index (χ3v) is 16.1. The molecule has 61 heavy (non-hydrogen) atoms. The van der Waals surface area contributed by atoms with Gasteiger partial charge in [-0.3, -0.25) is 4.79 Å². The average Bonchev–Trinajstić information content (AvgIpc) is 3.66. The standard InChI is InChI=1S/C49H56FN3O7Si/c1-49(2,3)61(5,6)60-43(37-19-23-39(50)24-20-37)30-29-42(46(54)53-32-44(59-48(53)56)36-15-11-8-12-16-36)45(38-21-27-41(57-4)28-22-38)52-40-25-17-34(18-26-40)31-51-47(55)58-33-35-13-9-7-10-14-35/h7-28,42-45,52H,29-33H2,1-6H3,(H,51,55)/t42-,43+,44-,45-/m1/s1. The fourth-order valence-electron chi connectivity index (χ4n) is 7.03. The molecular formula is C49H56FN3O7Si. The molecule has 1 fully saturated rings. The highest BCUT2D eigenvalue weighted by atomic mass is 28.4. The van der Waals surface area contributed by atoms with E-state index >= 15 is 4.79 Å². The largest absolute Gasteiger partial charge is 0.497 e. The number of alkyl carbamates (subject to hydrolysis) is 1. The smallest absolute Gasteiger partial charge is 0.417 e. The van der Waals surface area contributed by atoms with Gasteiger partial charge in [-0.15, -0.1) is 0 Å². The van der Waals surface area contributed by atoms with Gasteiger partial charge in [0, 0.05) is 12.2 Å². The molecule has 0 radical (unpaired) electrons. The van der Waals surface area contributed by atoms with Crippen LogP contribution in [-0.4, -0.2) is 45.0 Å². The minimum atomic E-state index is -2.38. The van der Waals surface area contributed by atoms with Gasteiger partial charge in [0.2, 0.25) is 5.91 Å². The number of carbonyl (C=O) groups is 3. The molecule has 3 amide bonds. The molecule has 1 saturated heterocycles. The van der Waals surface area contributed by atoms with Gasteiger partial charge in [0.15, 0.2) is 8.32 Å². The maximum Gasteiger partial charge on any atom is 0.417 e. The molecule has 0 aromatic heterocycles. The van der Waals surface area contributed by atoms with Crippen molar-refractivity contribution < 1.29 is 37.4 Å². The van der Waals surface area contributed by atoms with Gasteiger partial charge in [-0.2, -0.15) is 0 Å². The zero-order chi connectivity index (χ0) is 43.6. The van der Waals surface area contributed by atoms with E-state index < -0.39 is 50.6 Å². The summed E-state index contributed by atoms with van der Waals surface area (Å²) in [5.74, 6) is -0.895. The molecule has 1 aliphatic heterocycles. The number of cyclic esters (lactones) is 1. The Bertz CT molecular complexity index is 2200. The monoisotopic (exact) mass is 845 g/mol. The number of hydrogen-bond acceptors (Lipinski definition) is 8. The molecule has 320 valence electrons. The van der Waals surface area contributed by atoms with Crippen LogP contribution in [0.1, 0.15) is 79.7 Å². The zero-order valence-corrected chi connectivity index (χ0v) is 36.7. The van der Waals surface area contributed by atoms with Crippen molar-refractivity contribution in [2.24, 2.45) is 5.92 Å². The number of ether oxygens (including phenoxy) is 3. The summed E-state index contributed by atoms with van der Waals surface area (Å²) in [5, 5.41) is 6.32. The Labute approximate surface area is 359 Å². The van der Waals surface area contributed by atoms with E-state index in [0.29, 0.717) is 24.3 Å². The lowest BCUT2D eigenvalue weighted by Gasteiger charge is -2.40. The first-order valence-electron chi connectivity index (χ1n) is 20.6. The molecule has 1 aliphatic rings. The quantitative estimate of drug-likeness (QED) is 0.0889. The molecule has 0 spiro atoms. The summed E-state index contributed by atoms with van der Waals surface area (Å²) < 4.78 is 37.9. The summed E-state index contributed by atoms with van der Waals surface area (Å²) >= 11 is 0. The van der Waals surface area contributed by atoms with Gasteiger partial charge < -0.3 is 29.3 Å². The second-order valence-corrected chi connectivity index (χ2v) is 21.6. The fraction of sp³-hybridized carbons (Fsp3) is 0.327. The van der Waals surface area contributed by atoms with Crippen molar-refractivity contribution in [3.63, 3.8) is 0 Å². The lowest BCUT2D eigenvalue weighted by molar-refractivity contribution is -0.133. The minimum absolute atomic E-state index is 0.0604. The van der Waals surface area contributed by atoms with Gasteiger partial charge in [-0.05, 0) is 95.2 Å². The van der Waals surface area contributed by atoms with Crippen LogP contribution in [0.15, 0.2) is 133 Å². The summed E-state index contributed by atoms with van der Waals surface area (Å²) in [4.78, 5) is 42.4. The topological polar surface area (TPSA) is 115 Å². The molecule has 0 aliphatic carbocycles. The fourth-order valence-corrected chi connectivity index (χ4v) is 8.34. The number of halogens is 1. The highest BCUT2D eigenvalue weighted by Gasteiger charge is 2.44. The highest BCUT2D eigenvalue weighted by Crippen LogP contribution is 2.43. The first-order valence-corrected chi connectivity index (χ1v) is 23.6. The van der Waals surface area contributed by atoms with Crippen LogP contribution in [-0.2, 0) is 31.8 Å². The molecule has 5 aromatic carbocycles. The van der Waals surface area contributed by atoms with Crippen molar-refractivity contribution in [1.29, 1.82) is 0 Å². The third-order valence-electron chi connectivity index (χ3n) is 11.6. The van der Waals surface area contributed by atoms with Crippen molar-refractivity contribution >= 4 is 32.1 Å².